The summed E-state index contributed by atoms with van der Waals surface area (Å²) in [7, 11) is 0. The van der Waals surface area contributed by atoms with Crippen LogP contribution in [0.15, 0.2) is 29.7 Å². The molecule has 2 aliphatic heterocycles. The lowest BCUT2D eigenvalue weighted by atomic mass is 9.95. The van der Waals surface area contributed by atoms with E-state index in [-0.39, 0.29) is 11.7 Å². The van der Waals surface area contributed by atoms with Gasteiger partial charge in [0.25, 0.3) is 0 Å². The summed E-state index contributed by atoms with van der Waals surface area (Å²) >= 11 is 0. The first-order valence-corrected chi connectivity index (χ1v) is 5.66. The standard InChI is InChI=1S/C11H16FN3O4/c1-6-14-8(13)2-3-15(6)10-11(18,5-12)9(17)7(4-16)19-10/h2-3,7,9-10,16-18H,1,4-5H2,(H2,13,14)/t7-,9-,10-,11-/m1/s1. The van der Waals surface area contributed by atoms with Gasteiger partial charge >= 0.3 is 0 Å². The Morgan fingerprint density at radius 1 is 1.63 bits per heavy atom. The Bertz CT molecular complexity index is 442. The maximum Gasteiger partial charge on any atom is 0.169 e. The minimum Gasteiger partial charge on any atom is -0.394 e. The molecule has 19 heavy (non-hydrogen) atoms. The van der Waals surface area contributed by atoms with Crippen LogP contribution in [-0.4, -0.2) is 63.4 Å². The topological polar surface area (TPSA) is 112 Å². The molecule has 0 aromatic heterocycles. The van der Waals surface area contributed by atoms with Crippen molar-refractivity contribution >= 4 is 5.84 Å². The van der Waals surface area contributed by atoms with Crippen LogP contribution >= 0.6 is 0 Å². The Morgan fingerprint density at radius 3 is 2.84 bits per heavy atom. The molecule has 0 aromatic rings. The number of amidine groups is 1. The van der Waals surface area contributed by atoms with Gasteiger partial charge in [0.2, 0.25) is 0 Å². The highest BCUT2D eigenvalue weighted by atomic mass is 19.1. The van der Waals surface area contributed by atoms with Crippen molar-refractivity contribution in [1.82, 2.24) is 4.90 Å². The zero-order chi connectivity index (χ0) is 14.2. The lowest BCUT2D eigenvalue weighted by Gasteiger charge is -2.36. The van der Waals surface area contributed by atoms with Gasteiger partial charge in [-0.2, -0.15) is 0 Å². The maximum absolute atomic E-state index is 13.1. The predicted molar refractivity (Wildman–Crippen MR) is 64.4 cm³/mol. The van der Waals surface area contributed by atoms with Crippen molar-refractivity contribution in [1.29, 1.82) is 0 Å². The Balaban J connectivity index is 2.29. The zero-order valence-corrected chi connectivity index (χ0v) is 10.1. The SMILES string of the molecule is C=C1N=C(N)C=CN1[C@@H]1O[C@H](CO)[C@@H](O)[C@]1(O)CF. The second kappa shape index (κ2) is 4.89. The second-order valence-electron chi connectivity index (χ2n) is 4.46. The van der Waals surface area contributed by atoms with Gasteiger partial charge in [-0.05, 0) is 6.08 Å². The van der Waals surface area contributed by atoms with E-state index in [0.29, 0.717) is 0 Å². The van der Waals surface area contributed by atoms with E-state index in [4.69, 9.17) is 15.6 Å². The highest BCUT2D eigenvalue weighted by Crippen LogP contribution is 2.36. The lowest BCUT2D eigenvalue weighted by molar-refractivity contribution is -0.130. The van der Waals surface area contributed by atoms with Gasteiger partial charge in [-0.1, -0.05) is 6.58 Å². The molecule has 0 saturated carbocycles. The summed E-state index contributed by atoms with van der Waals surface area (Å²) in [5.74, 6) is 0.352. The molecule has 0 aromatic carbocycles. The van der Waals surface area contributed by atoms with E-state index in [1.165, 1.54) is 17.2 Å². The van der Waals surface area contributed by atoms with Crippen LogP contribution in [0.5, 0.6) is 0 Å². The lowest BCUT2D eigenvalue weighted by Crippen LogP contribution is -2.55. The fourth-order valence-electron chi connectivity index (χ4n) is 2.12. The van der Waals surface area contributed by atoms with Crippen LogP contribution < -0.4 is 5.73 Å². The summed E-state index contributed by atoms with van der Waals surface area (Å²) in [4.78, 5) is 5.12. The Morgan fingerprint density at radius 2 is 2.32 bits per heavy atom. The van der Waals surface area contributed by atoms with E-state index in [2.05, 4.69) is 11.6 Å². The molecule has 4 atom stereocenters. The number of ether oxygens (including phenoxy) is 1. The van der Waals surface area contributed by atoms with Crippen LogP contribution in [0.1, 0.15) is 0 Å². The molecule has 7 nitrogen and oxygen atoms in total. The van der Waals surface area contributed by atoms with Crippen molar-refractivity contribution in [2.24, 2.45) is 10.7 Å². The predicted octanol–water partition coefficient (Wildman–Crippen LogP) is -1.58. The van der Waals surface area contributed by atoms with Crippen molar-refractivity contribution in [3.63, 3.8) is 0 Å². The van der Waals surface area contributed by atoms with Gasteiger partial charge in [-0.15, -0.1) is 0 Å². The molecular weight excluding hydrogens is 257 g/mol. The Hall–Kier alpha value is -1.48. The summed E-state index contributed by atoms with van der Waals surface area (Å²) in [6, 6.07) is 0. The van der Waals surface area contributed by atoms with Gasteiger partial charge in [0.1, 0.15) is 30.5 Å². The van der Waals surface area contributed by atoms with E-state index < -0.39 is 37.3 Å². The Labute approximate surface area is 109 Å². The van der Waals surface area contributed by atoms with Crippen molar-refractivity contribution in [2.75, 3.05) is 13.3 Å². The van der Waals surface area contributed by atoms with Crippen LogP contribution in [-0.2, 0) is 4.74 Å². The third-order valence-corrected chi connectivity index (χ3v) is 3.20. The summed E-state index contributed by atoms with van der Waals surface area (Å²) in [5, 5.41) is 29.1. The Kier molecular flexibility index (Phi) is 3.59. The quantitative estimate of drug-likeness (QED) is 0.494. The number of alkyl halides is 1. The molecule has 2 rings (SSSR count). The van der Waals surface area contributed by atoms with Gasteiger partial charge in [-0.3, -0.25) is 0 Å². The van der Waals surface area contributed by atoms with E-state index in [0.717, 1.165) is 0 Å². The smallest absolute Gasteiger partial charge is 0.169 e. The molecule has 1 fully saturated rings. The van der Waals surface area contributed by atoms with Crippen LogP contribution in [0.25, 0.3) is 0 Å². The van der Waals surface area contributed by atoms with E-state index in [1.54, 1.807) is 0 Å². The number of nitrogens with two attached hydrogens (primary N) is 1. The zero-order valence-electron chi connectivity index (χ0n) is 10.1. The van der Waals surface area contributed by atoms with Crippen LogP contribution in [0.2, 0.25) is 0 Å². The molecule has 0 aliphatic carbocycles. The summed E-state index contributed by atoms with van der Waals surface area (Å²) in [6.07, 6.45) is -1.05. The largest absolute Gasteiger partial charge is 0.394 e. The molecule has 0 radical (unpaired) electrons. The molecule has 0 spiro atoms. The third kappa shape index (κ3) is 2.12. The molecule has 0 amide bonds. The fraction of sp³-hybridized carbons (Fsp3) is 0.545. The number of hydrogen-bond acceptors (Lipinski definition) is 7. The molecule has 5 N–H and O–H groups in total. The minimum absolute atomic E-state index is 0.141. The minimum atomic E-state index is -2.18. The van der Waals surface area contributed by atoms with Gasteiger partial charge in [0.05, 0.1) is 6.61 Å². The first-order valence-electron chi connectivity index (χ1n) is 5.66. The maximum atomic E-state index is 13.1. The van der Waals surface area contributed by atoms with Gasteiger partial charge in [0.15, 0.2) is 11.8 Å². The van der Waals surface area contributed by atoms with E-state index in [9.17, 15) is 14.6 Å². The molecule has 1 saturated heterocycles. The molecule has 106 valence electrons. The first kappa shape index (κ1) is 13.9. The molecule has 0 bridgehead atoms. The van der Waals surface area contributed by atoms with Crippen LogP contribution in [0, 0.1) is 0 Å². The van der Waals surface area contributed by atoms with Crippen LogP contribution in [0.4, 0.5) is 4.39 Å². The average Bonchev–Trinajstić information content (AvgIpc) is 2.63. The number of rotatable bonds is 3. The third-order valence-electron chi connectivity index (χ3n) is 3.20. The van der Waals surface area contributed by atoms with Crippen molar-refractivity contribution in [3.05, 3.63) is 24.7 Å². The number of aliphatic hydroxyl groups is 3. The molecular formula is C11H16FN3O4. The molecule has 0 unspecified atom stereocenters. The van der Waals surface area contributed by atoms with Gasteiger partial charge in [0, 0.05) is 6.20 Å². The van der Waals surface area contributed by atoms with Crippen LogP contribution in [0.3, 0.4) is 0 Å². The number of hydrogen-bond donors (Lipinski definition) is 4. The first-order chi connectivity index (χ1) is 8.93. The normalized spacial score (nSPS) is 38.7. The fourth-order valence-corrected chi connectivity index (χ4v) is 2.12. The number of aliphatic hydroxyl groups excluding tert-OH is 2. The molecule has 8 heteroatoms. The van der Waals surface area contributed by atoms with Gasteiger partial charge < -0.3 is 30.7 Å². The van der Waals surface area contributed by atoms with E-state index >= 15 is 0 Å². The monoisotopic (exact) mass is 273 g/mol. The number of nitrogens with zero attached hydrogens (tertiary/aromatic N) is 2. The average molecular weight is 273 g/mol. The summed E-state index contributed by atoms with van der Waals surface area (Å²) < 4.78 is 18.4. The van der Waals surface area contributed by atoms with Crippen molar-refractivity contribution in [2.45, 2.75) is 24.0 Å². The highest BCUT2D eigenvalue weighted by Gasteiger charge is 2.57. The number of aliphatic imine (C=N–C) groups is 1. The summed E-state index contributed by atoms with van der Waals surface area (Å²) in [5.41, 5.74) is 3.30. The highest BCUT2D eigenvalue weighted by molar-refractivity contribution is 5.92. The number of halogens is 1. The summed E-state index contributed by atoms with van der Waals surface area (Å²) in [6.45, 7) is 1.83. The molecule has 2 aliphatic rings. The second-order valence-corrected chi connectivity index (χ2v) is 4.46. The molecule has 2 heterocycles. The van der Waals surface area contributed by atoms with Crippen molar-refractivity contribution in [3.8, 4) is 0 Å². The van der Waals surface area contributed by atoms with Gasteiger partial charge in [-0.25, -0.2) is 9.38 Å². The van der Waals surface area contributed by atoms with Crippen molar-refractivity contribution < 1.29 is 24.4 Å². The van der Waals surface area contributed by atoms with E-state index in [1.807, 2.05) is 0 Å².